The Morgan fingerprint density at radius 3 is 2.70 bits per heavy atom. The van der Waals surface area contributed by atoms with Crippen molar-refractivity contribution in [3.8, 4) is 0 Å². The van der Waals surface area contributed by atoms with E-state index in [-0.39, 0.29) is 6.03 Å². The minimum absolute atomic E-state index is 0.332. The van der Waals surface area contributed by atoms with Crippen LogP contribution in [0.1, 0.15) is 0 Å². The highest BCUT2D eigenvalue weighted by atomic mass is 16.5. The van der Waals surface area contributed by atoms with Crippen LogP contribution in [-0.4, -0.2) is 29.5 Å². The number of nitrogen functional groups attached to an aromatic ring is 1. The molecule has 0 saturated carbocycles. The number of rotatable bonds is 5. The summed E-state index contributed by atoms with van der Waals surface area (Å²) in [6.45, 7) is 1.20. The van der Waals surface area contributed by atoms with E-state index in [1.54, 1.807) is 48.5 Å². The highest BCUT2D eigenvalue weighted by molar-refractivity contribution is 5.99. The van der Waals surface area contributed by atoms with Crippen LogP contribution in [0.15, 0.2) is 36.7 Å². The molecule has 20 heavy (non-hydrogen) atoms. The van der Waals surface area contributed by atoms with Gasteiger partial charge in [0.2, 0.25) is 0 Å². The molecule has 0 unspecified atom stereocenters. The molecule has 2 rings (SSSR count). The topological polar surface area (TPSA) is 94.2 Å². The number of benzene rings is 1. The highest BCUT2D eigenvalue weighted by Gasteiger charge is 2.04. The van der Waals surface area contributed by atoms with E-state index in [9.17, 15) is 4.79 Å². The number of carbonyl (C=O) groups is 1. The average Bonchev–Trinajstić information content (AvgIpc) is 2.86. The van der Waals surface area contributed by atoms with Gasteiger partial charge in [-0.25, -0.2) is 4.79 Å². The van der Waals surface area contributed by atoms with Gasteiger partial charge >= 0.3 is 6.03 Å². The maximum atomic E-state index is 11.8. The molecule has 7 heteroatoms. The van der Waals surface area contributed by atoms with Crippen molar-refractivity contribution in [3.63, 3.8) is 0 Å². The number of hydrogen-bond acceptors (Lipinski definition) is 4. The predicted octanol–water partition coefficient (Wildman–Crippen LogP) is 1.76. The second-order valence-corrected chi connectivity index (χ2v) is 4.19. The summed E-state index contributed by atoms with van der Waals surface area (Å²) in [5.41, 5.74) is 7.51. The second kappa shape index (κ2) is 6.58. The number of anilines is 3. The van der Waals surface area contributed by atoms with Gasteiger partial charge in [-0.05, 0) is 24.3 Å². The van der Waals surface area contributed by atoms with Gasteiger partial charge in [-0.1, -0.05) is 0 Å². The molecule has 1 aromatic heterocycles. The van der Waals surface area contributed by atoms with Gasteiger partial charge in [0.1, 0.15) is 0 Å². The molecule has 0 aliphatic carbocycles. The zero-order chi connectivity index (χ0) is 14.4. The van der Waals surface area contributed by atoms with Gasteiger partial charge in [-0.2, -0.15) is 5.10 Å². The standard InChI is InChI=1S/C13H17N5O2/c1-20-7-6-18-9-12(8-15-18)17-13(19)16-11-4-2-10(14)3-5-11/h2-5,8-9H,6-7,14H2,1H3,(H2,16,17,19). The molecule has 1 aromatic carbocycles. The van der Waals surface area contributed by atoms with Crippen LogP contribution >= 0.6 is 0 Å². The molecule has 7 nitrogen and oxygen atoms in total. The smallest absolute Gasteiger partial charge is 0.323 e. The molecular formula is C13H17N5O2. The lowest BCUT2D eigenvalue weighted by atomic mass is 10.3. The molecular weight excluding hydrogens is 258 g/mol. The molecule has 0 saturated heterocycles. The third kappa shape index (κ3) is 3.99. The number of methoxy groups -OCH3 is 1. The predicted molar refractivity (Wildman–Crippen MR) is 77.6 cm³/mol. The Balaban J connectivity index is 1.87. The van der Waals surface area contributed by atoms with Crippen molar-refractivity contribution in [3.05, 3.63) is 36.7 Å². The molecule has 0 aliphatic rings. The summed E-state index contributed by atoms with van der Waals surface area (Å²) < 4.78 is 6.65. The third-order valence-corrected chi connectivity index (χ3v) is 2.58. The first kappa shape index (κ1) is 13.9. The fourth-order valence-corrected chi connectivity index (χ4v) is 1.60. The quantitative estimate of drug-likeness (QED) is 0.725. The Morgan fingerprint density at radius 2 is 2.00 bits per heavy atom. The summed E-state index contributed by atoms with van der Waals surface area (Å²) in [5.74, 6) is 0. The number of carbonyl (C=O) groups excluding carboxylic acids is 1. The minimum Gasteiger partial charge on any atom is -0.399 e. The summed E-state index contributed by atoms with van der Waals surface area (Å²) in [6.07, 6.45) is 3.32. The van der Waals surface area contributed by atoms with Crippen LogP contribution in [0.5, 0.6) is 0 Å². The number of amides is 2. The first-order chi connectivity index (χ1) is 9.67. The van der Waals surface area contributed by atoms with Crippen LogP contribution in [0.2, 0.25) is 0 Å². The summed E-state index contributed by atoms with van der Waals surface area (Å²) in [4.78, 5) is 11.8. The van der Waals surface area contributed by atoms with E-state index < -0.39 is 0 Å². The van der Waals surface area contributed by atoms with Crippen LogP contribution in [0.25, 0.3) is 0 Å². The van der Waals surface area contributed by atoms with Crippen LogP contribution in [0, 0.1) is 0 Å². The molecule has 2 aromatic rings. The molecule has 1 heterocycles. The number of ether oxygens (including phenoxy) is 1. The van der Waals surface area contributed by atoms with E-state index in [2.05, 4.69) is 15.7 Å². The van der Waals surface area contributed by atoms with Crippen LogP contribution < -0.4 is 16.4 Å². The van der Waals surface area contributed by atoms with Crippen LogP contribution in [0.3, 0.4) is 0 Å². The number of urea groups is 1. The van der Waals surface area contributed by atoms with Gasteiger partial charge in [0.25, 0.3) is 0 Å². The van der Waals surface area contributed by atoms with Crippen molar-refractivity contribution in [2.75, 3.05) is 30.1 Å². The Labute approximate surface area is 116 Å². The van der Waals surface area contributed by atoms with Gasteiger partial charge in [0.15, 0.2) is 0 Å². The van der Waals surface area contributed by atoms with E-state index in [0.717, 1.165) is 0 Å². The molecule has 0 aliphatic heterocycles. The van der Waals surface area contributed by atoms with E-state index in [1.807, 2.05) is 0 Å². The lowest BCUT2D eigenvalue weighted by molar-refractivity contribution is 0.183. The van der Waals surface area contributed by atoms with Gasteiger partial charge in [-0.15, -0.1) is 0 Å². The Bertz CT molecular complexity index is 564. The zero-order valence-corrected chi connectivity index (χ0v) is 11.2. The lowest BCUT2D eigenvalue weighted by Gasteiger charge is -2.06. The monoisotopic (exact) mass is 275 g/mol. The summed E-state index contributed by atoms with van der Waals surface area (Å²) >= 11 is 0. The Hall–Kier alpha value is -2.54. The summed E-state index contributed by atoms with van der Waals surface area (Å²) in [7, 11) is 1.63. The number of hydrogen-bond donors (Lipinski definition) is 3. The van der Waals surface area contributed by atoms with E-state index >= 15 is 0 Å². The number of nitrogens with two attached hydrogens (primary N) is 1. The van der Waals surface area contributed by atoms with Gasteiger partial charge < -0.3 is 21.1 Å². The van der Waals surface area contributed by atoms with Gasteiger partial charge in [-0.3, -0.25) is 4.68 Å². The number of aromatic nitrogens is 2. The van der Waals surface area contributed by atoms with Gasteiger partial charge in [0.05, 0.1) is 25.0 Å². The van der Waals surface area contributed by atoms with Crippen molar-refractivity contribution in [2.45, 2.75) is 6.54 Å². The maximum Gasteiger partial charge on any atom is 0.323 e. The molecule has 0 fully saturated rings. The maximum absolute atomic E-state index is 11.8. The fraction of sp³-hybridized carbons (Fsp3) is 0.231. The van der Waals surface area contributed by atoms with Crippen molar-refractivity contribution >= 4 is 23.1 Å². The van der Waals surface area contributed by atoms with Crippen molar-refractivity contribution in [1.82, 2.24) is 9.78 Å². The SMILES string of the molecule is COCCn1cc(NC(=O)Nc2ccc(N)cc2)cn1. The van der Waals surface area contributed by atoms with Crippen LogP contribution in [0.4, 0.5) is 21.9 Å². The van der Waals surface area contributed by atoms with Crippen molar-refractivity contribution in [1.29, 1.82) is 0 Å². The second-order valence-electron chi connectivity index (χ2n) is 4.19. The lowest BCUT2D eigenvalue weighted by Crippen LogP contribution is -2.19. The summed E-state index contributed by atoms with van der Waals surface area (Å²) in [6, 6.07) is 6.58. The Kier molecular flexibility index (Phi) is 4.56. The molecule has 2 amide bonds. The largest absolute Gasteiger partial charge is 0.399 e. The van der Waals surface area contributed by atoms with E-state index in [4.69, 9.17) is 10.5 Å². The average molecular weight is 275 g/mol. The zero-order valence-electron chi connectivity index (χ0n) is 11.2. The van der Waals surface area contributed by atoms with Gasteiger partial charge in [0, 0.05) is 24.7 Å². The van der Waals surface area contributed by atoms with E-state index in [0.29, 0.717) is 30.2 Å². The molecule has 0 atom stereocenters. The van der Waals surface area contributed by atoms with Crippen LogP contribution in [-0.2, 0) is 11.3 Å². The third-order valence-electron chi connectivity index (χ3n) is 2.58. The molecule has 0 spiro atoms. The minimum atomic E-state index is -0.332. The Morgan fingerprint density at radius 1 is 1.30 bits per heavy atom. The normalized spacial score (nSPS) is 10.2. The highest BCUT2D eigenvalue weighted by Crippen LogP contribution is 2.11. The fourth-order valence-electron chi connectivity index (χ4n) is 1.60. The summed E-state index contributed by atoms with van der Waals surface area (Å²) in [5, 5.41) is 9.50. The molecule has 106 valence electrons. The van der Waals surface area contributed by atoms with Crippen molar-refractivity contribution in [2.24, 2.45) is 0 Å². The number of nitrogens with zero attached hydrogens (tertiary/aromatic N) is 2. The molecule has 0 radical (unpaired) electrons. The number of nitrogens with one attached hydrogen (secondary N) is 2. The first-order valence-corrected chi connectivity index (χ1v) is 6.12. The first-order valence-electron chi connectivity index (χ1n) is 6.12. The molecule has 0 bridgehead atoms. The van der Waals surface area contributed by atoms with Crippen molar-refractivity contribution < 1.29 is 9.53 Å². The van der Waals surface area contributed by atoms with E-state index in [1.165, 1.54) is 0 Å². The molecule has 4 N–H and O–H groups in total.